The highest BCUT2D eigenvalue weighted by Crippen LogP contribution is 2.08. The Morgan fingerprint density at radius 2 is 2.21 bits per heavy atom. The van der Waals surface area contributed by atoms with Crippen LogP contribution in [0.4, 0.5) is 5.69 Å². The molecular weight excluding hydrogens is 242 g/mol. The quantitative estimate of drug-likeness (QED) is 0.894. The zero-order valence-electron chi connectivity index (χ0n) is 11.3. The number of amides is 1. The monoisotopic (exact) mass is 259 g/mol. The van der Waals surface area contributed by atoms with E-state index < -0.39 is 0 Å². The van der Waals surface area contributed by atoms with Crippen LogP contribution < -0.4 is 5.32 Å². The molecule has 6 nitrogen and oxygen atoms in total. The number of anilines is 1. The van der Waals surface area contributed by atoms with Crippen LogP contribution in [0.2, 0.25) is 0 Å². The van der Waals surface area contributed by atoms with E-state index in [1.807, 2.05) is 30.9 Å². The van der Waals surface area contributed by atoms with Gasteiger partial charge in [0, 0.05) is 33.5 Å². The minimum atomic E-state index is -0.120. The number of hydrogen-bond donors (Lipinski definition) is 1. The summed E-state index contributed by atoms with van der Waals surface area (Å²) in [7, 11) is 5.46. The number of aryl methyl sites for hydroxylation is 1. The third-order valence-corrected chi connectivity index (χ3v) is 2.92. The van der Waals surface area contributed by atoms with Crippen molar-refractivity contribution in [2.24, 2.45) is 7.05 Å². The van der Waals surface area contributed by atoms with Crippen molar-refractivity contribution in [3.05, 3.63) is 42.2 Å². The maximum Gasteiger partial charge on any atom is 0.272 e. The lowest BCUT2D eigenvalue weighted by molar-refractivity contribution is 0.0775. The fourth-order valence-electron chi connectivity index (χ4n) is 1.70. The lowest BCUT2D eigenvalue weighted by atomic mass is 10.3. The molecule has 0 aliphatic heterocycles. The van der Waals surface area contributed by atoms with Crippen LogP contribution in [0.15, 0.2) is 30.7 Å². The molecule has 0 fully saturated rings. The molecule has 0 unspecified atom stereocenters. The number of carbonyl (C=O) groups excluding carboxylic acids is 1. The molecule has 0 aliphatic carbocycles. The Labute approximate surface area is 112 Å². The molecule has 0 atom stereocenters. The summed E-state index contributed by atoms with van der Waals surface area (Å²) in [6, 6.07) is 3.54. The fraction of sp³-hybridized carbons (Fsp3) is 0.308. The second-order valence-electron chi connectivity index (χ2n) is 4.30. The smallest absolute Gasteiger partial charge is 0.272 e. The van der Waals surface area contributed by atoms with Gasteiger partial charge in [0.2, 0.25) is 0 Å². The van der Waals surface area contributed by atoms with E-state index >= 15 is 0 Å². The van der Waals surface area contributed by atoms with Crippen molar-refractivity contribution in [2.75, 3.05) is 19.4 Å². The summed E-state index contributed by atoms with van der Waals surface area (Å²) in [5, 5.41) is 2.97. The number of rotatable bonds is 4. The highest BCUT2D eigenvalue weighted by atomic mass is 16.2. The van der Waals surface area contributed by atoms with Gasteiger partial charge in [-0.25, -0.2) is 9.97 Å². The Kier molecular flexibility index (Phi) is 3.79. The van der Waals surface area contributed by atoms with Crippen LogP contribution in [-0.4, -0.2) is 39.4 Å². The summed E-state index contributed by atoms with van der Waals surface area (Å²) in [6.45, 7) is 0.456. The normalized spacial score (nSPS) is 10.3. The van der Waals surface area contributed by atoms with Gasteiger partial charge in [0.05, 0.1) is 18.4 Å². The predicted octanol–water partition coefficient (Wildman–Crippen LogP) is 1.13. The molecule has 0 aliphatic rings. The van der Waals surface area contributed by atoms with Crippen LogP contribution in [-0.2, 0) is 13.6 Å². The number of aromatic nitrogens is 3. The highest BCUT2D eigenvalue weighted by Gasteiger charge is 2.14. The maximum absolute atomic E-state index is 12.2. The zero-order valence-corrected chi connectivity index (χ0v) is 11.3. The lowest BCUT2D eigenvalue weighted by Gasteiger charge is -2.16. The van der Waals surface area contributed by atoms with Gasteiger partial charge in [0.25, 0.3) is 5.91 Å². The van der Waals surface area contributed by atoms with Crippen molar-refractivity contribution in [3.63, 3.8) is 0 Å². The topological polar surface area (TPSA) is 63.1 Å². The molecule has 0 saturated heterocycles. The van der Waals surface area contributed by atoms with Crippen LogP contribution in [0.25, 0.3) is 0 Å². The second kappa shape index (κ2) is 5.51. The van der Waals surface area contributed by atoms with Gasteiger partial charge in [-0.3, -0.25) is 4.79 Å². The first-order valence-corrected chi connectivity index (χ1v) is 5.97. The van der Waals surface area contributed by atoms with Crippen molar-refractivity contribution >= 4 is 11.6 Å². The van der Waals surface area contributed by atoms with E-state index in [1.54, 1.807) is 30.4 Å². The summed E-state index contributed by atoms with van der Waals surface area (Å²) < 4.78 is 1.89. The van der Waals surface area contributed by atoms with E-state index in [9.17, 15) is 4.79 Å². The van der Waals surface area contributed by atoms with Crippen molar-refractivity contribution in [1.29, 1.82) is 0 Å². The molecular formula is C13H17N5O. The van der Waals surface area contributed by atoms with Gasteiger partial charge in [-0.2, -0.15) is 0 Å². The Balaban J connectivity index is 2.08. The van der Waals surface area contributed by atoms with Gasteiger partial charge < -0.3 is 14.8 Å². The lowest BCUT2D eigenvalue weighted by Crippen LogP contribution is -2.28. The minimum absolute atomic E-state index is 0.120. The maximum atomic E-state index is 12.2. The number of hydrogen-bond acceptors (Lipinski definition) is 4. The van der Waals surface area contributed by atoms with Crippen molar-refractivity contribution in [1.82, 2.24) is 19.4 Å². The molecule has 2 aromatic heterocycles. The van der Waals surface area contributed by atoms with E-state index in [0.29, 0.717) is 12.2 Å². The largest absolute Gasteiger partial charge is 0.387 e. The average molecular weight is 259 g/mol. The molecule has 0 bridgehead atoms. The van der Waals surface area contributed by atoms with Crippen LogP contribution in [0.5, 0.6) is 0 Å². The number of carbonyl (C=O) groups is 1. The predicted molar refractivity (Wildman–Crippen MR) is 72.8 cm³/mol. The van der Waals surface area contributed by atoms with Crippen molar-refractivity contribution in [3.8, 4) is 0 Å². The summed E-state index contributed by atoms with van der Waals surface area (Å²) in [4.78, 5) is 22.1. The molecule has 2 heterocycles. The molecule has 0 radical (unpaired) electrons. The molecule has 6 heteroatoms. The minimum Gasteiger partial charge on any atom is -0.387 e. The SMILES string of the molecule is CNc1ccc(C(=O)N(C)Cc2nccn2C)nc1. The standard InChI is InChI=1S/C13H17N5O/c1-14-10-4-5-11(16-8-10)13(19)18(3)9-12-15-6-7-17(12)2/h4-8,14H,9H2,1-3H3. The third kappa shape index (κ3) is 2.90. The summed E-state index contributed by atoms with van der Waals surface area (Å²) >= 11 is 0. The van der Waals surface area contributed by atoms with E-state index in [0.717, 1.165) is 11.5 Å². The highest BCUT2D eigenvalue weighted by molar-refractivity contribution is 5.92. The van der Waals surface area contributed by atoms with Gasteiger partial charge in [0.15, 0.2) is 0 Å². The number of pyridine rings is 1. The Hall–Kier alpha value is -2.37. The van der Waals surface area contributed by atoms with Gasteiger partial charge in [-0.1, -0.05) is 0 Å². The first-order valence-electron chi connectivity index (χ1n) is 5.97. The molecule has 100 valence electrons. The zero-order chi connectivity index (χ0) is 13.8. The average Bonchev–Trinajstić information content (AvgIpc) is 2.83. The van der Waals surface area contributed by atoms with Crippen LogP contribution in [0.3, 0.4) is 0 Å². The second-order valence-corrected chi connectivity index (χ2v) is 4.30. The van der Waals surface area contributed by atoms with E-state index in [2.05, 4.69) is 15.3 Å². The molecule has 2 rings (SSSR count). The van der Waals surface area contributed by atoms with Crippen LogP contribution in [0, 0.1) is 0 Å². The molecule has 2 aromatic rings. The molecule has 0 aromatic carbocycles. The first kappa shape index (κ1) is 13.1. The molecule has 0 saturated carbocycles. The van der Waals surface area contributed by atoms with Gasteiger partial charge in [-0.15, -0.1) is 0 Å². The summed E-state index contributed by atoms with van der Waals surface area (Å²) in [5.41, 5.74) is 1.30. The van der Waals surface area contributed by atoms with Gasteiger partial charge >= 0.3 is 0 Å². The Bertz CT molecular complexity index is 561. The Morgan fingerprint density at radius 1 is 1.42 bits per heavy atom. The van der Waals surface area contributed by atoms with Crippen LogP contribution in [0.1, 0.15) is 16.3 Å². The Morgan fingerprint density at radius 3 is 2.74 bits per heavy atom. The number of nitrogens with zero attached hydrogens (tertiary/aromatic N) is 4. The molecule has 1 amide bonds. The van der Waals surface area contributed by atoms with Crippen LogP contribution >= 0.6 is 0 Å². The van der Waals surface area contributed by atoms with Crippen molar-refractivity contribution in [2.45, 2.75) is 6.54 Å². The van der Waals surface area contributed by atoms with Gasteiger partial charge in [0.1, 0.15) is 11.5 Å². The van der Waals surface area contributed by atoms with E-state index in [1.165, 1.54) is 0 Å². The summed E-state index contributed by atoms with van der Waals surface area (Å²) in [6.07, 6.45) is 5.21. The van der Waals surface area contributed by atoms with E-state index in [-0.39, 0.29) is 5.91 Å². The molecule has 19 heavy (non-hydrogen) atoms. The third-order valence-electron chi connectivity index (χ3n) is 2.92. The molecule has 0 spiro atoms. The van der Waals surface area contributed by atoms with Gasteiger partial charge in [-0.05, 0) is 12.1 Å². The number of imidazole rings is 1. The molecule has 1 N–H and O–H groups in total. The van der Waals surface area contributed by atoms with E-state index in [4.69, 9.17) is 0 Å². The van der Waals surface area contributed by atoms with Crippen molar-refractivity contribution < 1.29 is 4.79 Å². The first-order chi connectivity index (χ1) is 9.11. The number of nitrogens with one attached hydrogen (secondary N) is 1. The summed E-state index contributed by atoms with van der Waals surface area (Å²) in [5.74, 6) is 0.716. The fourth-order valence-corrected chi connectivity index (χ4v) is 1.70.